The molecule has 6 nitrogen and oxygen atoms in total. The number of allylic oxidation sites excluding steroid dienone is 7. The Labute approximate surface area is 208 Å². The Bertz CT molecular complexity index is 753. The van der Waals surface area contributed by atoms with Gasteiger partial charge in [-0.05, 0) is 93.9 Å². The van der Waals surface area contributed by atoms with E-state index in [0.29, 0.717) is 0 Å². The fraction of sp³-hybridized carbons (Fsp3) is 0.667. The van der Waals surface area contributed by atoms with Crippen LogP contribution < -0.4 is 5.48 Å². The van der Waals surface area contributed by atoms with E-state index < -0.39 is 19.2 Å². The van der Waals surface area contributed by atoms with Crippen LogP contribution in [-0.4, -0.2) is 31.4 Å². The van der Waals surface area contributed by atoms with Crippen molar-refractivity contribution in [1.29, 1.82) is 0 Å². The van der Waals surface area contributed by atoms with Gasteiger partial charge in [0.15, 0.2) is 0 Å². The van der Waals surface area contributed by atoms with Gasteiger partial charge >= 0.3 is 7.60 Å². The van der Waals surface area contributed by atoms with Crippen molar-refractivity contribution < 1.29 is 23.2 Å². The molecule has 0 heterocycles. The first-order valence-electron chi connectivity index (χ1n) is 12.5. The van der Waals surface area contributed by atoms with Gasteiger partial charge in [-0.3, -0.25) is 14.2 Å². The summed E-state index contributed by atoms with van der Waals surface area (Å²) in [5.41, 5.74) is 6.85. The molecule has 0 aliphatic heterocycles. The van der Waals surface area contributed by atoms with E-state index in [0.717, 1.165) is 38.5 Å². The van der Waals surface area contributed by atoms with Crippen LogP contribution in [0.5, 0.6) is 0 Å². The van der Waals surface area contributed by atoms with E-state index >= 15 is 0 Å². The number of carbonyl (C=O) groups excluding carboxylic acids is 1. The van der Waals surface area contributed by atoms with Crippen molar-refractivity contribution in [1.82, 2.24) is 5.48 Å². The molecule has 0 aromatic rings. The van der Waals surface area contributed by atoms with Crippen molar-refractivity contribution >= 4 is 13.5 Å². The minimum absolute atomic E-state index is 0.207. The van der Waals surface area contributed by atoms with Gasteiger partial charge in [0.05, 0.1) is 19.8 Å². The van der Waals surface area contributed by atoms with Gasteiger partial charge in [-0.15, -0.1) is 0 Å². The largest absolute Gasteiger partial charge is 0.342 e. The van der Waals surface area contributed by atoms with Crippen molar-refractivity contribution in [2.45, 2.75) is 99.6 Å². The van der Waals surface area contributed by atoms with E-state index in [2.05, 4.69) is 51.4 Å². The summed E-state index contributed by atoms with van der Waals surface area (Å²) in [6.45, 7) is 16.3. The molecule has 1 unspecified atom stereocenters. The van der Waals surface area contributed by atoms with Crippen molar-refractivity contribution in [2.24, 2.45) is 0 Å². The molecule has 196 valence electrons. The van der Waals surface area contributed by atoms with E-state index in [1.165, 1.54) is 29.2 Å². The highest BCUT2D eigenvalue weighted by molar-refractivity contribution is 7.55. The van der Waals surface area contributed by atoms with Gasteiger partial charge in [0.2, 0.25) is 0 Å². The molecule has 34 heavy (non-hydrogen) atoms. The van der Waals surface area contributed by atoms with Crippen molar-refractivity contribution in [3.05, 3.63) is 46.6 Å². The molecule has 0 aliphatic rings. The summed E-state index contributed by atoms with van der Waals surface area (Å²) in [5, 5.41) is 0. The fourth-order valence-corrected chi connectivity index (χ4v) is 4.71. The van der Waals surface area contributed by atoms with Gasteiger partial charge in [0, 0.05) is 0 Å². The lowest BCUT2D eigenvalue weighted by Gasteiger charge is -2.22. The number of hydroxylamine groups is 1. The van der Waals surface area contributed by atoms with Gasteiger partial charge in [0.1, 0.15) is 5.66 Å². The highest BCUT2D eigenvalue weighted by atomic mass is 31.2. The predicted molar refractivity (Wildman–Crippen MR) is 143 cm³/mol. The van der Waals surface area contributed by atoms with E-state index in [1.54, 1.807) is 13.8 Å². The SMILES string of the molecule is CCOP(=O)(OCC)C(C)C(=O)NOC/C=C(\C)CC/C=C(\C)CC/C=C(\C)CCC=C(C)C. The first-order chi connectivity index (χ1) is 16.1. The predicted octanol–water partition coefficient (Wildman–Crippen LogP) is 7.83. The summed E-state index contributed by atoms with van der Waals surface area (Å²) in [5.74, 6) is -0.518. The van der Waals surface area contributed by atoms with Gasteiger partial charge < -0.3 is 9.05 Å². The maximum absolute atomic E-state index is 12.6. The van der Waals surface area contributed by atoms with E-state index in [4.69, 9.17) is 13.9 Å². The van der Waals surface area contributed by atoms with Crippen molar-refractivity contribution in [3.8, 4) is 0 Å². The molecule has 1 atom stereocenters. The molecular formula is C27H48NO5P. The normalized spacial score (nSPS) is 14.2. The van der Waals surface area contributed by atoms with Gasteiger partial charge in [-0.2, -0.15) is 0 Å². The Hall–Kier alpha value is -1.46. The molecule has 1 amide bonds. The van der Waals surface area contributed by atoms with Crippen molar-refractivity contribution in [2.75, 3.05) is 19.8 Å². The lowest BCUT2D eigenvalue weighted by molar-refractivity contribution is -0.132. The number of hydrogen-bond donors (Lipinski definition) is 1. The summed E-state index contributed by atoms with van der Waals surface area (Å²) < 4.78 is 23.1. The number of nitrogens with one attached hydrogen (secondary N) is 1. The second-order valence-corrected chi connectivity index (χ2v) is 11.2. The summed E-state index contributed by atoms with van der Waals surface area (Å²) in [7, 11) is -3.50. The molecule has 0 aliphatic carbocycles. The molecule has 0 aromatic carbocycles. The molecule has 0 rings (SSSR count). The van der Waals surface area contributed by atoms with E-state index in [-0.39, 0.29) is 19.8 Å². The van der Waals surface area contributed by atoms with Crippen LogP contribution in [0.3, 0.4) is 0 Å². The zero-order chi connectivity index (χ0) is 26.0. The van der Waals surface area contributed by atoms with Gasteiger partial charge in [0.25, 0.3) is 5.91 Å². The lowest BCUT2D eigenvalue weighted by atomic mass is 10.0. The van der Waals surface area contributed by atoms with Crippen LogP contribution in [0.4, 0.5) is 0 Å². The maximum Gasteiger partial charge on any atom is 0.342 e. The van der Waals surface area contributed by atoms with Crippen LogP contribution in [-0.2, 0) is 23.2 Å². The zero-order valence-electron chi connectivity index (χ0n) is 22.7. The summed E-state index contributed by atoms with van der Waals surface area (Å²) in [6.07, 6.45) is 15.2. The highest BCUT2D eigenvalue weighted by Crippen LogP contribution is 2.52. The second-order valence-electron chi connectivity index (χ2n) is 8.88. The van der Waals surface area contributed by atoms with Crippen molar-refractivity contribution in [3.63, 3.8) is 0 Å². The van der Waals surface area contributed by atoms with E-state index in [1.807, 2.05) is 13.0 Å². The zero-order valence-corrected chi connectivity index (χ0v) is 23.6. The van der Waals surface area contributed by atoms with Gasteiger partial charge in [-0.25, -0.2) is 5.48 Å². The maximum atomic E-state index is 12.6. The summed E-state index contributed by atoms with van der Waals surface area (Å²) in [4.78, 5) is 17.5. The second kappa shape index (κ2) is 18.8. The number of amides is 1. The molecule has 0 saturated carbocycles. The third-order valence-corrected chi connectivity index (χ3v) is 7.73. The number of rotatable bonds is 18. The highest BCUT2D eigenvalue weighted by Gasteiger charge is 2.37. The molecule has 1 N–H and O–H groups in total. The average Bonchev–Trinajstić information content (AvgIpc) is 2.76. The molecule has 0 radical (unpaired) electrons. The third kappa shape index (κ3) is 15.4. The molecule has 0 bridgehead atoms. The first kappa shape index (κ1) is 32.5. The van der Waals surface area contributed by atoms with Crippen LogP contribution in [0.1, 0.15) is 93.9 Å². The minimum atomic E-state index is -3.50. The topological polar surface area (TPSA) is 73.9 Å². The van der Waals surface area contributed by atoms with E-state index in [9.17, 15) is 9.36 Å². The Morgan fingerprint density at radius 1 is 0.794 bits per heavy atom. The smallest absolute Gasteiger partial charge is 0.308 e. The number of hydrogen-bond acceptors (Lipinski definition) is 5. The lowest BCUT2D eigenvalue weighted by Crippen LogP contribution is -2.33. The summed E-state index contributed by atoms with van der Waals surface area (Å²) in [6, 6.07) is 0. The van der Waals surface area contributed by atoms with Crippen LogP contribution >= 0.6 is 7.60 Å². The molecule has 0 spiro atoms. The standard InChI is InChI=1S/C27H48NO5P/c1-9-32-34(30,33-10-2)26(8)27(29)28-31-21-20-25(7)19-13-18-24(6)17-12-16-23(5)15-11-14-22(3)4/h14,16,18,20,26H,9-13,15,17,19,21H2,1-8H3,(H,28,29)/b23-16+,24-18+,25-20+. The molecule has 7 heteroatoms. The van der Waals surface area contributed by atoms with Gasteiger partial charge in [-0.1, -0.05) is 46.6 Å². The molecule has 0 fully saturated rings. The summed E-state index contributed by atoms with van der Waals surface area (Å²) >= 11 is 0. The minimum Gasteiger partial charge on any atom is -0.308 e. The monoisotopic (exact) mass is 497 g/mol. The Morgan fingerprint density at radius 2 is 1.24 bits per heavy atom. The Kier molecular flexibility index (Phi) is 18.0. The number of carbonyl (C=O) groups is 1. The molecule has 0 aromatic heterocycles. The third-order valence-electron chi connectivity index (χ3n) is 5.31. The average molecular weight is 498 g/mol. The van der Waals surface area contributed by atoms with Crippen LogP contribution in [0.15, 0.2) is 46.6 Å². The molecular weight excluding hydrogens is 449 g/mol. The quantitative estimate of drug-likeness (QED) is 0.0904. The van der Waals surface area contributed by atoms with Crippen LogP contribution in [0.25, 0.3) is 0 Å². The first-order valence-corrected chi connectivity index (χ1v) is 14.1. The van der Waals surface area contributed by atoms with Crippen LogP contribution in [0, 0.1) is 0 Å². The Morgan fingerprint density at radius 3 is 1.68 bits per heavy atom. The Balaban J connectivity index is 4.29. The fourth-order valence-electron chi connectivity index (χ4n) is 3.13. The molecule has 0 saturated heterocycles. The van der Waals surface area contributed by atoms with Crippen LogP contribution in [0.2, 0.25) is 0 Å².